The fraction of sp³-hybridized carbons (Fsp3) is 0.381. The van der Waals surface area contributed by atoms with Gasteiger partial charge in [0.1, 0.15) is 11.6 Å². The van der Waals surface area contributed by atoms with Gasteiger partial charge in [-0.3, -0.25) is 4.79 Å². The van der Waals surface area contributed by atoms with Crippen LogP contribution in [0, 0.1) is 5.82 Å². The van der Waals surface area contributed by atoms with Gasteiger partial charge in [0.2, 0.25) is 10.0 Å². The number of ether oxygens (including phenoxy) is 1. The molecule has 1 aliphatic rings. The van der Waals surface area contributed by atoms with Gasteiger partial charge in [-0.1, -0.05) is 19.4 Å². The molecule has 3 rings (SSSR count). The number of piperazine rings is 1. The first-order chi connectivity index (χ1) is 13.9. The average Bonchev–Trinajstić information content (AvgIpc) is 2.74. The van der Waals surface area contributed by atoms with Crippen LogP contribution in [0.2, 0.25) is 0 Å². The molecule has 1 amide bonds. The van der Waals surface area contributed by atoms with Gasteiger partial charge in [0.25, 0.3) is 5.91 Å². The number of amides is 1. The zero-order chi connectivity index (χ0) is 20.9. The Labute approximate surface area is 170 Å². The lowest BCUT2D eigenvalue weighted by Gasteiger charge is -2.34. The number of hydrogen-bond donors (Lipinski definition) is 0. The van der Waals surface area contributed by atoms with E-state index >= 15 is 0 Å². The number of carbonyl (C=O) groups excluding carboxylic acids is 1. The Balaban J connectivity index is 1.59. The van der Waals surface area contributed by atoms with Crippen LogP contribution in [-0.4, -0.2) is 56.3 Å². The van der Waals surface area contributed by atoms with Crippen molar-refractivity contribution in [2.24, 2.45) is 0 Å². The molecule has 0 bridgehead atoms. The third-order valence-electron chi connectivity index (χ3n) is 4.83. The summed E-state index contributed by atoms with van der Waals surface area (Å²) in [5.41, 5.74) is 0.536. The van der Waals surface area contributed by atoms with Crippen LogP contribution < -0.4 is 4.74 Å². The highest BCUT2D eigenvalue weighted by Crippen LogP contribution is 2.20. The number of rotatable bonds is 7. The topological polar surface area (TPSA) is 66.9 Å². The van der Waals surface area contributed by atoms with Crippen molar-refractivity contribution in [1.29, 1.82) is 0 Å². The van der Waals surface area contributed by atoms with E-state index in [1.165, 1.54) is 22.5 Å². The molecule has 156 valence electrons. The second-order valence-corrected chi connectivity index (χ2v) is 8.82. The molecular weight excluding hydrogens is 395 g/mol. The van der Waals surface area contributed by atoms with Gasteiger partial charge in [0, 0.05) is 31.7 Å². The van der Waals surface area contributed by atoms with Crippen molar-refractivity contribution >= 4 is 15.9 Å². The number of sulfonamides is 1. The summed E-state index contributed by atoms with van der Waals surface area (Å²) in [4.78, 5) is 14.3. The Hall–Kier alpha value is -2.45. The van der Waals surface area contributed by atoms with Gasteiger partial charge in [-0.05, 0) is 48.9 Å². The SMILES string of the molecule is CCCCOc1ccc(C(=O)N2CCN(S(=O)(=O)c3cccc(F)c3)CC2)cc1. The fourth-order valence-corrected chi connectivity index (χ4v) is 4.57. The molecule has 6 nitrogen and oxygen atoms in total. The van der Waals surface area contributed by atoms with Gasteiger partial charge >= 0.3 is 0 Å². The van der Waals surface area contributed by atoms with Gasteiger partial charge in [0.05, 0.1) is 11.5 Å². The Bertz CT molecular complexity index is 939. The molecule has 0 spiro atoms. The molecule has 1 heterocycles. The Kier molecular flexibility index (Phi) is 6.87. The molecule has 1 saturated heterocycles. The second kappa shape index (κ2) is 9.37. The molecular formula is C21H25FN2O4S. The first-order valence-corrected chi connectivity index (χ1v) is 11.1. The minimum Gasteiger partial charge on any atom is -0.494 e. The van der Waals surface area contributed by atoms with Crippen LogP contribution in [0.1, 0.15) is 30.1 Å². The zero-order valence-corrected chi connectivity index (χ0v) is 17.2. The number of benzene rings is 2. The lowest BCUT2D eigenvalue weighted by atomic mass is 10.2. The molecule has 0 N–H and O–H groups in total. The maximum Gasteiger partial charge on any atom is 0.253 e. The number of carbonyl (C=O) groups is 1. The van der Waals surface area contributed by atoms with Gasteiger partial charge in [-0.25, -0.2) is 12.8 Å². The Morgan fingerprint density at radius 2 is 1.76 bits per heavy atom. The highest BCUT2D eigenvalue weighted by Gasteiger charge is 2.30. The smallest absolute Gasteiger partial charge is 0.253 e. The maximum absolute atomic E-state index is 13.4. The van der Waals surface area contributed by atoms with Crippen molar-refractivity contribution in [2.75, 3.05) is 32.8 Å². The number of hydrogen-bond acceptors (Lipinski definition) is 4. The highest BCUT2D eigenvalue weighted by atomic mass is 32.2. The Morgan fingerprint density at radius 3 is 2.38 bits per heavy atom. The molecule has 8 heteroatoms. The van der Waals surface area contributed by atoms with E-state index in [0.717, 1.165) is 24.7 Å². The quantitative estimate of drug-likeness (QED) is 0.646. The van der Waals surface area contributed by atoms with Crippen LogP contribution in [0.4, 0.5) is 4.39 Å². The zero-order valence-electron chi connectivity index (χ0n) is 16.4. The largest absolute Gasteiger partial charge is 0.494 e. The van der Waals surface area contributed by atoms with Crippen molar-refractivity contribution in [2.45, 2.75) is 24.7 Å². The predicted molar refractivity (Wildman–Crippen MR) is 108 cm³/mol. The summed E-state index contributed by atoms with van der Waals surface area (Å²) < 4.78 is 45.6. The molecule has 2 aromatic rings. The van der Waals surface area contributed by atoms with Crippen LogP contribution in [0.5, 0.6) is 5.75 Å². The van der Waals surface area contributed by atoms with Crippen molar-refractivity contribution in [1.82, 2.24) is 9.21 Å². The molecule has 29 heavy (non-hydrogen) atoms. The molecule has 1 fully saturated rings. The highest BCUT2D eigenvalue weighted by molar-refractivity contribution is 7.89. The third-order valence-corrected chi connectivity index (χ3v) is 6.72. The molecule has 0 atom stereocenters. The molecule has 0 aromatic heterocycles. The van der Waals surface area contributed by atoms with Crippen LogP contribution in [0.3, 0.4) is 0 Å². The van der Waals surface area contributed by atoms with E-state index < -0.39 is 15.8 Å². The number of unbranched alkanes of at least 4 members (excludes halogenated alkanes) is 1. The number of halogens is 1. The van der Waals surface area contributed by atoms with E-state index in [-0.39, 0.29) is 37.0 Å². The predicted octanol–water partition coefficient (Wildman–Crippen LogP) is 3.15. The Morgan fingerprint density at radius 1 is 1.07 bits per heavy atom. The summed E-state index contributed by atoms with van der Waals surface area (Å²) in [7, 11) is -3.78. The lowest BCUT2D eigenvalue weighted by Crippen LogP contribution is -2.50. The minimum atomic E-state index is -3.78. The summed E-state index contributed by atoms with van der Waals surface area (Å²) in [5.74, 6) is -0.0177. The lowest BCUT2D eigenvalue weighted by molar-refractivity contribution is 0.0698. The third kappa shape index (κ3) is 5.13. The molecule has 0 saturated carbocycles. The van der Waals surface area contributed by atoms with Gasteiger partial charge < -0.3 is 9.64 Å². The summed E-state index contributed by atoms with van der Waals surface area (Å²) >= 11 is 0. The van der Waals surface area contributed by atoms with Crippen molar-refractivity contribution in [3.8, 4) is 5.75 Å². The molecule has 0 radical (unpaired) electrons. The van der Waals surface area contributed by atoms with Gasteiger partial charge in [0.15, 0.2) is 0 Å². The maximum atomic E-state index is 13.4. The van der Waals surface area contributed by atoms with E-state index in [1.807, 2.05) is 0 Å². The molecule has 0 unspecified atom stereocenters. The standard InChI is InChI=1S/C21H25FN2O4S/c1-2-3-15-28-19-9-7-17(8-10-19)21(25)23-11-13-24(14-12-23)29(26,27)20-6-4-5-18(22)16-20/h4-10,16H,2-3,11-15H2,1H3. The molecule has 2 aromatic carbocycles. The number of nitrogens with zero attached hydrogens (tertiary/aromatic N) is 2. The average molecular weight is 421 g/mol. The van der Waals surface area contributed by atoms with Gasteiger partial charge in [-0.2, -0.15) is 4.31 Å². The van der Waals surface area contributed by atoms with E-state index in [1.54, 1.807) is 29.2 Å². The van der Waals surface area contributed by atoms with Crippen LogP contribution >= 0.6 is 0 Å². The van der Waals surface area contributed by atoms with Gasteiger partial charge in [-0.15, -0.1) is 0 Å². The van der Waals surface area contributed by atoms with Crippen molar-refractivity contribution < 1.29 is 22.3 Å². The summed E-state index contributed by atoms with van der Waals surface area (Å²) in [5, 5.41) is 0. The second-order valence-electron chi connectivity index (χ2n) is 6.88. The first-order valence-electron chi connectivity index (χ1n) is 9.69. The van der Waals surface area contributed by atoms with Crippen LogP contribution in [-0.2, 0) is 10.0 Å². The first kappa shape index (κ1) is 21.3. The molecule has 0 aliphatic carbocycles. The van der Waals surface area contributed by atoms with E-state index in [0.29, 0.717) is 12.2 Å². The normalized spacial score (nSPS) is 15.3. The summed E-state index contributed by atoms with van der Waals surface area (Å²) in [6.45, 7) is 3.63. The van der Waals surface area contributed by atoms with Crippen LogP contribution in [0.15, 0.2) is 53.4 Å². The van der Waals surface area contributed by atoms with E-state index in [2.05, 4.69) is 6.92 Å². The minimum absolute atomic E-state index is 0.0732. The van der Waals surface area contributed by atoms with Crippen LogP contribution in [0.25, 0.3) is 0 Å². The van der Waals surface area contributed by atoms with Crippen molar-refractivity contribution in [3.63, 3.8) is 0 Å². The van der Waals surface area contributed by atoms with E-state index in [9.17, 15) is 17.6 Å². The van der Waals surface area contributed by atoms with E-state index in [4.69, 9.17) is 4.74 Å². The monoisotopic (exact) mass is 420 g/mol. The fourth-order valence-electron chi connectivity index (χ4n) is 3.12. The summed E-state index contributed by atoms with van der Waals surface area (Å²) in [6, 6.07) is 11.9. The van der Waals surface area contributed by atoms with Crippen molar-refractivity contribution in [3.05, 3.63) is 59.9 Å². The molecule has 1 aliphatic heterocycles. The summed E-state index contributed by atoms with van der Waals surface area (Å²) in [6.07, 6.45) is 2.03.